The van der Waals surface area contributed by atoms with E-state index in [4.69, 9.17) is 0 Å². The second-order valence-corrected chi connectivity index (χ2v) is 11.4. The Morgan fingerprint density at radius 3 is 1.71 bits per heavy atom. The molecule has 1 nitrogen and oxygen atoms in total. The van der Waals surface area contributed by atoms with Gasteiger partial charge in [0.1, 0.15) is 0 Å². The van der Waals surface area contributed by atoms with Crippen LogP contribution in [-0.2, 0) is 5.41 Å². The van der Waals surface area contributed by atoms with E-state index in [1.807, 2.05) is 0 Å². The summed E-state index contributed by atoms with van der Waals surface area (Å²) in [5, 5.41) is 2.59. The van der Waals surface area contributed by atoms with E-state index < -0.39 is 0 Å². The largest absolute Gasteiger partial charge is 0.309 e. The van der Waals surface area contributed by atoms with Crippen molar-refractivity contribution >= 4 is 21.8 Å². The molecule has 0 amide bonds. The standard InChI is InChI=1S/C39H29N.CH4/c1-39(2)35-19-11-9-17-31(35)33-24-34-32-18-10-12-20-37(32)40(38(34)25-36(33)39)30-22-28(26-13-5-3-6-14-26)21-29(23-30)27-15-7-4-8-16-27;/h3-25H,1-2H3;1H4. The predicted molar refractivity (Wildman–Crippen MR) is 176 cm³/mol. The zero-order valence-corrected chi connectivity index (χ0v) is 22.7. The van der Waals surface area contributed by atoms with Gasteiger partial charge in [0.05, 0.1) is 11.0 Å². The Hall–Kier alpha value is -4.88. The highest BCUT2D eigenvalue weighted by Crippen LogP contribution is 2.51. The summed E-state index contributed by atoms with van der Waals surface area (Å²) in [5.41, 5.74) is 14.0. The van der Waals surface area contributed by atoms with Crippen molar-refractivity contribution in [3.8, 4) is 39.1 Å². The summed E-state index contributed by atoms with van der Waals surface area (Å²) in [7, 11) is 0. The van der Waals surface area contributed by atoms with Crippen molar-refractivity contribution in [1.29, 1.82) is 0 Å². The minimum absolute atomic E-state index is 0. The lowest BCUT2D eigenvalue weighted by molar-refractivity contribution is 0.661. The minimum atomic E-state index is -0.0531. The van der Waals surface area contributed by atoms with Crippen molar-refractivity contribution in [2.75, 3.05) is 0 Å². The molecule has 0 fully saturated rings. The monoisotopic (exact) mass is 527 g/mol. The van der Waals surface area contributed by atoms with Gasteiger partial charge in [-0.2, -0.15) is 0 Å². The summed E-state index contributed by atoms with van der Waals surface area (Å²) in [6.45, 7) is 4.72. The van der Waals surface area contributed by atoms with Crippen LogP contribution in [0.1, 0.15) is 32.4 Å². The predicted octanol–water partition coefficient (Wildman–Crippen LogP) is 11.1. The van der Waals surface area contributed by atoms with Gasteiger partial charge in [0.15, 0.2) is 0 Å². The lowest BCUT2D eigenvalue weighted by atomic mass is 9.82. The molecule has 0 radical (unpaired) electrons. The zero-order valence-electron chi connectivity index (χ0n) is 22.7. The van der Waals surface area contributed by atoms with E-state index in [1.165, 1.54) is 72.0 Å². The first-order valence-corrected chi connectivity index (χ1v) is 14.0. The van der Waals surface area contributed by atoms with E-state index in [0.717, 1.165) is 0 Å². The molecule has 198 valence electrons. The van der Waals surface area contributed by atoms with Crippen LogP contribution < -0.4 is 0 Å². The third kappa shape index (κ3) is 3.77. The number of aromatic nitrogens is 1. The first-order valence-electron chi connectivity index (χ1n) is 14.0. The molecule has 6 aromatic carbocycles. The summed E-state index contributed by atoms with van der Waals surface area (Å²) in [5.74, 6) is 0. The third-order valence-electron chi connectivity index (χ3n) is 8.77. The molecule has 1 aliphatic carbocycles. The zero-order chi connectivity index (χ0) is 26.8. The fraction of sp³-hybridized carbons (Fsp3) is 0.100. The fourth-order valence-corrected chi connectivity index (χ4v) is 6.78. The molecule has 0 atom stereocenters. The average molecular weight is 528 g/mol. The van der Waals surface area contributed by atoms with Crippen molar-refractivity contribution < 1.29 is 0 Å². The second-order valence-electron chi connectivity index (χ2n) is 11.4. The molecule has 0 bridgehead atoms. The first kappa shape index (κ1) is 25.1. The van der Waals surface area contributed by atoms with Crippen LogP contribution in [0.4, 0.5) is 0 Å². The van der Waals surface area contributed by atoms with E-state index in [9.17, 15) is 0 Å². The van der Waals surface area contributed by atoms with E-state index in [1.54, 1.807) is 0 Å². The number of para-hydroxylation sites is 1. The maximum Gasteiger partial charge on any atom is 0.0544 e. The highest BCUT2D eigenvalue weighted by Gasteiger charge is 2.36. The molecule has 0 unspecified atom stereocenters. The molecule has 0 N–H and O–H groups in total. The van der Waals surface area contributed by atoms with Crippen molar-refractivity contribution in [2.24, 2.45) is 0 Å². The van der Waals surface area contributed by atoms with Crippen LogP contribution in [0, 0.1) is 0 Å². The molecule has 7 aromatic rings. The average Bonchev–Trinajstić information content (AvgIpc) is 3.45. The van der Waals surface area contributed by atoms with E-state index in [-0.39, 0.29) is 12.8 Å². The van der Waals surface area contributed by atoms with E-state index >= 15 is 0 Å². The number of nitrogens with zero attached hydrogens (tertiary/aromatic N) is 1. The van der Waals surface area contributed by atoms with Crippen LogP contribution in [0.3, 0.4) is 0 Å². The first-order chi connectivity index (χ1) is 19.6. The van der Waals surface area contributed by atoms with Gasteiger partial charge in [0, 0.05) is 21.9 Å². The summed E-state index contributed by atoms with van der Waals surface area (Å²) >= 11 is 0. The number of rotatable bonds is 3. The quantitative estimate of drug-likeness (QED) is 0.215. The fourth-order valence-electron chi connectivity index (χ4n) is 6.78. The van der Waals surface area contributed by atoms with Gasteiger partial charge in [-0.25, -0.2) is 0 Å². The summed E-state index contributed by atoms with van der Waals surface area (Å²) < 4.78 is 2.48. The van der Waals surface area contributed by atoms with Crippen molar-refractivity contribution in [1.82, 2.24) is 4.57 Å². The maximum atomic E-state index is 2.48. The Kier molecular flexibility index (Phi) is 5.73. The molecule has 0 saturated carbocycles. The molecule has 0 aliphatic heterocycles. The molecule has 1 aromatic heterocycles. The van der Waals surface area contributed by atoms with Crippen LogP contribution >= 0.6 is 0 Å². The van der Waals surface area contributed by atoms with Crippen LogP contribution in [0.5, 0.6) is 0 Å². The molecule has 1 heteroatoms. The minimum Gasteiger partial charge on any atom is -0.309 e. The van der Waals surface area contributed by atoms with Gasteiger partial charge in [-0.1, -0.05) is 124 Å². The summed E-state index contributed by atoms with van der Waals surface area (Å²) in [6.07, 6.45) is 0. The smallest absolute Gasteiger partial charge is 0.0544 e. The molecule has 0 saturated heterocycles. The number of hydrogen-bond donors (Lipinski definition) is 0. The van der Waals surface area contributed by atoms with Gasteiger partial charge < -0.3 is 4.57 Å². The van der Waals surface area contributed by atoms with Crippen LogP contribution in [0.25, 0.3) is 60.9 Å². The summed E-state index contributed by atoms with van der Waals surface area (Å²) in [6, 6.07) is 51.1. The van der Waals surface area contributed by atoms with Crippen molar-refractivity contribution in [3.05, 3.63) is 151 Å². The Labute approximate surface area is 242 Å². The van der Waals surface area contributed by atoms with Crippen LogP contribution in [0.2, 0.25) is 0 Å². The molecular weight excluding hydrogens is 494 g/mol. The Morgan fingerprint density at radius 2 is 1.02 bits per heavy atom. The number of fused-ring (bicyclic) bond motifs is 6. The van der Waals surface area contributed by atoms with E-state index in [0.29, 0.717) is 0 Å². The number of hydrogen-bond acceptors (Lipinski definition) is 0. The highest BCUT2D eigenvalue weighted by atomic mass is 15.0. The third-order valence-corrected chi connectivity index (χ3v) is 8.77. The lowest BCUT2D eigenvalue weighted by Gasteiger charge is -2.22. The Balaban J connectivity index is 0.00000276. The van der Waals surface area contributed by atoms with Gasteiger partial charge in [-0.15, -0.1) is 0 Å². The number of benzene rings is 6. The van der Waals surface area contributed by atoms with Crippen molar-refractivity contribution in [2.45, 2.75) is 26.7 Å². The Morgan fingerprint density at radius 1 is 0.439 bits per heavy atom. The highest BCUT2D eigenvalue weighted by molar-refractivity contribution is 6.11. The molecular formula is C40H33N. The van der Waals surface area contributed by atoms with Gasteiger partial charge in [-0.05, 0) is 80.9 Å². The van der Waals surface area contributed by atoms with E-state index in [2.05, 4.69) is 158 Å². The normalized spacial score (nSPS) is 13.1. The molecule has 1 heterocycles. The summed E-state index contributed by atoms with van der Waals surface area (Å²) in [4.78, 5) is 0. The van der Waals surface area contributed by atoms with Gasteiger partial charge in [0.25, 0.3) is 0 Å². The molecule has 8 rings (SSSR count). The maximum absolute atomic E-state index is 2.48. The molecule has 1 aliphatic rings. The van der Waals surface area contributed by atoms with Gasteiger partial charge in [0.2, 0.25) is 0 Å². The second kappa shape index (κ2) is 9.35. The SMILES string of the molecule is C.CC1(C)c2ccccc2-c2cc3c4ccccc4n(-c4cc(-c5ccccc5)cc(-c5ccccc5)c4)c3cc21. The Bertz CT molecular complexity index is 2000. The lowest BCUT2D eigenvalue weighted by Crippen LogP contribution is -2.14. The van der Waals surface area contributed by atoms with Crippen LogP contribution in [0.15, 0.2) is 140 Å². The topological polar surface area (TPSA) is 4.93 Å². The van der Waals surface area contributed by atoms with Crippen LogP contribution in [-0.4, -0.2) is 4.57 Å². The van der Waals surface area contributed by atoms with Crippen molar-refractivity contribution in [3.63, 3.8) is 0 Å². The van der Waals surface area contributed by atoms with Gasteiger partial charge in [-0.3, -0.25) is 0 Å². The van der Waals surface area contributed by atoms with Gasteiger partial charge >= 0.3 is 0 Å². The molecule has 41 heavy (non-hydrogen) atoms. The molecule has 0 spiro atoms.